The Hall–Kier alpha value is -3.25. The lowest BCUT2D eigenvalue weighted by atomic mass is 9.97. The highest BCUT2D eigenvalue weighted by Gasteiger charge is 2.43. The molecular weight excluding hydrogens is 597 g/mol. The summed E-state index contributed by atoms with van der Waals surface area (Å²) in [6, 6.07) is 12.9. The van der Waals surface area contributed by atoms with Crippen LogP contribution in [0, 0.1) is 3.57 Å². The van der Waals surface area contributed by atoms with E-state index in [0.29, 0.717) is 8.59 Å². The molecule has 4 rings (SSSR count). The van der Waals surface area contributed by atoms with Gasteiger partial charge >= 0.3 is 12.6 Å². The van der Waals surface area contributed by atoms with Crippen LogP contribution in [0.15, 0.2) is 66.7 Å². The zero-order chi connectivity index (χ0) is 25.3. The third-order valence-electron chi connectivity index (χ3n) is 5.35. The van der Waals surface area contributed by atoms with Crippen molar-refractivity contribution < 1.29 is 33.0 Å². The van der Waals surface area contributed by atoms with Crippen molar-refractivity contribution >= 4 is 57.7 Å². The van der Waals surface area contributed by atoms with Crippen LogP contribution >= 0.6 is 34.2 Å². The maximum Gasteiger partial charge on any atom is 0.387 e. The minimum absolute atomic E-state index is 0.116. The van der Waals surface area contributed by atoms with E-state index in [1.165, 1.54) is 48.5 Å². The quantitative estimate of drug-likeness (QED) is 0.358. The molecule has 35 heavy (non-hydrogen) atoms. The van der Waals surface area contributed by atoms with Gasteiger partial charge in [-0.3, -0.25) is 9.59 Å². The Morgan fingerprint density at radius 1 is 1.06 bits per heavy atom. The first-order valence-corrected chi connectivity index (χ1v) is 11.6. The van der Waals surface area contributed by atoms with E-state index in [1.807, 2.05) is 22.6 Å². The summed E-state index contributed by atoms with van der Waals surface area (Å²) in [6.07, 6.45) is 0. The Bertz CT molecular complexity index is 1290. The number of nitrogens with zero attached hydrogens (tertiary/aromatic N) is 1. The number of carboxylic acids is 1. The second-order valence-corrected chi connectivity index (χ2v) is 9.22. The van der Waals surface area contributed by atoms with Crippen molar-refractivity contribution in [1.29, 1.82) is 0 Å². The van der Waals surface area contributed by atoms with E-state index >= 15 is 0 Å². The summed E-state index contributed by atoms with van der Waals surface area (Å²) >= 11 is 7.97. The topological polar surface area (TPSA) is 95.9 Å². The Balaban J connectivity index is 1.89. The van der Waals surface area contributed by atoms with E-state index in [4.69, 9.17) is 11.6 Å². The minimum atomic E-state index is -3.04. The van der Waals surface area contributed by atoms with E-state index in [0.717, 1.165) is 4.90 Å². The number of carbonyl (C=O) groups is 3. The standard InChI is InChI=1S/C24H16ClF2IN2O5/c25-14-5-1-13(2-6-14)20(23(33)34)30-19(12-3-8-16(9-4-12)35-24(26)27)21(31)29-18-10-7-15(28)11-17(18)22(30)32/h1-11,19-20,24H,(H,29,31)(H,33,34). The monoisotopic (exact) mass is 612 g/mol. The molecule has 1 aliphatic rings. The number of carboxylic acid groups (broad SMARTS) is 1. The van der Waals surface area contributed by atoms with Gasteiger partial charge in [0.15, 0.2) is 6.04 Å². The summed E-state index contributed by atoms with van der Waals surface area (Å²) in [5.41, 5.74) is 0.774. The van der Waals surface area contributed by atoms with Gasteiger partial charge in [-0.05, 0) is 76.2 Å². The number of rotatable bonds is 6. The lowest BCUT2D eigenvalue weighted by Gasteiger charge is -2.34. The van der Waals surface area contributed by atoms with E-state index < -0.39 is 36.5 Å². The van der Waals surface area contributed by atoms with Crippen molar-refractivity contribution in [2.24, 2.45) is 0 Å². The molecule has 2 atom stereocenters. The van der Waals surface area contributed by atoms with Crippen LogP contribution in [0.1, 0.15) is 33.6 Å². The van der Waals surface area contributed by atoms with Crippen LogP contribution in [-0.2, 0) is 9.59 Å². The molecule has 3 aromatic rings. The molecule has 2 N–H and O–H groups in total. The number of alkyl halides is 2. The largest absolute Gasteiger partial charge is 0.479 e. The number of ether oxygens (including phenoxy) is 1. The molecule has 180 valence electrons. The maximum absolute atomic E-state index is 13.8. The van der Waals surface area contributed by atoms with E-state index in [1.54, 1.807) is 18.2 Å². The summed E-state index contributed by atoms with van der Waals surface area (Å²) < 4.78 is 30.2. The first-order valence-electron chi connectivity index (χ1n) is 10.1. The van der Waals surface area contributed by atoms with Crippen molar-refractivity contribution in [2.75, 3.05) is 5.32 Å². The average molecular weight is 613 g/mol. The Labute approximate surface area is 216 Å². The van der Waals surface area contributed by atoms with E-state index in [9.17, 15) is 28.3 Å². The molecular formula is C24H16ClF2IN2O5. The number of anilines is 1. The number of benzene rings is 3. The number of carbonyl (C=O) groups excluding carboxylic acids is 2. The number of nitrogens with one attached hydrogen (secondary N) is 1. The molecule has 2 unspecified atom stereocenters. The molecule has 0 fully saturated rings. The SMILES string of the molecule is O=C(O)C(c1ccc(Cl)cc1)N1C(=O)c2cc(I)ccc2NC(=O)C1c1ccc(OC(F)F)cc1. The number of aliphatic carboxylic acids is 1. The number of amides is 2. The number of hydrogen-bond donors (Lipinski definition) is 2. The van der Waals surface area contributed by atoms with Crippen LogP contribution in [0.3, 0.4) is 0 Å². The summed E-state index contributed by atoms with van der Waals surface area (Å²) in [5.74, 6) is -2.88. The predicted molar refractivity (Wildman–Crippen MR) is 132 cm³/mol. The van der Waals surface area contributed by atoms with Gasteiger partial charge in [0.1, 0.15) is 11.8 Å². The van der Waals surface area contributed by atoms with E-state index in [2.05, 4.69) is 10.1 Å². The van der Waals surface area contributed by atoms with Gasteiger partial charge in [0, 0.05) is 8.59 Å². The highest BCUT2D eigenvalue weighted by molar-refractivity contribution is 14.1. The molecule has 2 amide bonds. The molecule has 0 aromatic heterocycles. The van der Waals surface area contributed by atoms with Gasteiger partial charge in [-0.2, -0.15) is 8.78 Å². The second kappa shape index (κ2) is 10.2. The first kappa shape index (κ1) is 24.9. The molecule has 0 aliphatic carbocycles. The smallest absolute Gasteiger partial charge is 0.387 e. The summed E-state index contributed by atoms with van der Waals surface area (Å²) in [7, 11) is 0. The van der Waals surface area contributed by atoms with Crippen molar-refractivity contribution in [1.82, 2.24) is 4.90 Å². The molecule has 0 saturated heterocycles. The summed E-state index contributed by atoms with van der Waals surface area (Å²) in [5, 5.41) is 13.2. The lowest BCUT2D eigenvalue weighted by molar-refractivity contribution is -0.144. The number of hydrogen-bond acceptors (Lipinski definition) is 4. The van der Waals surface area contributed by atoms with Gasteiger partial charge in [0.2, 0.25) is 0 Å². The molecule has 0 spiro atoms. The molecule has 0 saturated carbocycles. The van der Waals surface area contributed by atoms with Crippen LogP contribution in [0.4, 0.5) is 14.5 Å². The van der Waals surface area contributed by atoms with Gasteiger partial charge in [-0.25, -0.2) is 4.79 Å². The number of fused-ring (bicyclic) bond motifs is 1. The first-order chi connectivity index (χ1) is 16.7. The Kier molecular flexibility index (Phi) is 7.22. The van der Waals surface area contributed by atoms with Gasteiger partial charge in [-0.1, -0.05) is 35.9 Å². The van der Waals surface area contributed by atoms with Crippen LogP contribution in [-0.4, -0.2) is 34.4 Å². The van der Waals surface area contributed by atoms with Crippen LogP contribution in [0.2, 0.25) is 5.02 Å². The molecule has 3 aromatic carbocycles. The summed E-state index contributed by atoms with van der Waals surface area (Å²) in [6.45, 7) is -3.04. The third-order valence-corrected chi connectivity index (χ3v) is 6.27. The molecule has 1 aliphatic heterocycles. The zero-order valence-electron chi connectivity index (χ0n) is 17.6. The van der Waals surface area contributed by atoms with Gasteiger partial charge < -0.3 is 20.1 Å². The number of halogens is 4. The predicted octanol–water partition coefficient (Wildman–Crippen LogP) is 5.51. The normalized spacial score (nSPS) is 16.4. The van der Waals surface area contributed by atoms with Crippen molar-refractivity contribution in [2.45, 2.75) is 18.7 Å². The van der Waals surface area contributed by atoms with Crippen molar-refractivity contribution in [3.63, 3.8) is 0 Å². The fourth-order valence-electron chi connectivity index (χ4n) is 3.86. The van der Waals surface area contributed by atoms with Gasteiger partial charge in [0.05, 0.1) is 11.3 Å². The molecule has 1 heterocycles. The van der Waals surface area contributed by atoms with Crippen LogP contribution in [0.5, 0.6) is 5.75 Å². The van der Waals surface area contributed by atoms with Crippen LogP contribution < -0.4 is 10.1 Å². The van der Waals surface area contributed by atoms with Gasteiger partial charge in [0.25, 0.3) is 11.8 Å². The van der Waals surface area contributed by atoms with Crippen molar-refractivity contribution in [3.8, 4) is 5.75 Å². The molecule has 7 nitrogen and oxygen atoms in total. The average Bonchev–Trinajstić information content (AvgIpc) is 2.90. The lowest BCUT2D eigenvalue weighted by Crippen LogP contribution is -2.44. The Morgan fingerprint density at radius 3 is 2.31 bits per heavy atom. The molecule has 0 radical (unpaired) electrons. The fourth-order valence-corrected chi connectivity index (χ4v) is 4.48. The van der Waals surface area contributed by atoms with Crippen molar-refractivity contribution in [3.05, 3.63) is 92.0 Å². The fraction of sp³-hybridized carbons (Fsp3) is 0.125. The highest BCUT2D eigenvalue weighted by Crippen LogP contribution is 2.38. The zero-order valence-corrected chi connectivity index (χ0v) is 20.5. The molecule has 11 heteroatoms. The minimum Gasteiger partial charge on any atom is -0.479 e. The highest BCUT2D eigenvalue weighted by atomic mass is 127. The Morgan fingerprint density at radius 2 is 1.71 bits per heavy atom. The molecule has 0 bridgehead atoms. The summed E-state index contributed by atoms with van der Waals surface area (Å²) in [4.78, 5) is 40.7. The second-order valence-electron chi connectivity index (χ2n) is 7.53. The van der Waals surface area contributed by atoms with Crippen LogP contribution in [0.25, 0.3) is 0 Å². The van der Waals surface area contributed by atoms with Gasteiger partial charge in [-0.15, -0.1) is 0 Å². The maximum atomic E-state index is 13.8. The van der Waals surface area contributed by atoms with E-state index in [-0.39, 0.29) is 28.1 Å². The third kappa shape index (κ3) is 5.22.